The number of carboxylic acid groups (broad SMARTS) is 1. The lowest BCUT2D eigenvalue weighted by Crippen LogP contribution is -2.43. The number of hydrogen-bond donors (Lipinski definition) is 2. The molecule has 3 aromatic rings. The zero-order valence-electron chi connectivity index (χ0n) is 19.4. The summed E-state index contributed by atoms with van der Waals surface area (Å²) in [4.78, 5) is 45.0. The number of pyridine rings is 1. The molecule has 1 atom stereocenters. The summed E-state index contributed by atoms with van der Waals surface area (Å²) < 4.78 is 7.87. The number of nitrogens with one attached hydrogen (secondary N) is 1. The van der Waals surface area contributed by atoms with Crippen molar-refractivity contribution in [2.24, 2.45) is 5.92 Å². The van der Waals surface area contributed by atoms with E-state index in [4.69, 9.17) is 21.4 Å². The van der Waals surface area contributed by atoms with Crippen molar-refractivity contribution < 1.29 is 14.6 Å². The second-order valence-corrected chi connectivity index (χ2v) is 8.66. The number of carboxylic acids is 1. The summed E-state index contributed by atoms with van der Waals surface area (Å²) in [5.74, 6) is -0.327. The highest BCUT2D eigenvalue weighted by molar-refractivity contribution is 6.32. The van der Waals surface area contributed by atoms with Gasteiger partial charge in [-0.2, -0.15) is 4.98 Å². The number of allylic oxidation sites excluding steroid dienone is 4. The molecule has 11 heteroatoms. The molecule has 4 rings (SSSR count). The minimum absolute atomic E-state index is 0.00286. The Labute approximate surface area is 211 Å². The van der Waals surface area contributed by atoms with Gasteiger partial charge in [-0.3, -0.25) is 9.36 Å². The molecule has 0 bridgehead atoms. The van der Waals surface area contributed by atoms with Gasteiger partial charge in [0, 0.05) is 31.0 Å². The molecule has 2 N–H and O–H groups in total. The highest BCUT2D eigenvalue weighted by atomic mass is 35.5. The number of ether oxygens (including phenoxy) is 1. The maximum atomic E-state index is 13.2. The lowest BCUT2D eigenvalue weighted by Gasteiger charge is -2.20. The predicted molar refractivity (Wildman–Crippen MR) is 135 cm³/mol. The van der Waals surface area contributed by atoms with Gasteiger partial charge in [-0.25, -0.2) is 19.1 Å². The second kappa shape index (κ2) is 11.0. The van der Waals surface area contributed by atoms with Crippen LogP contribution in [0.25, 0.3) is 0 Å². The van der Waals surface area contributed by atoms with Crippen LogP contribution in [0.4, 0.5) is 11.6 Å². The van der Waals surface area contributed by atoms with Gasteiger partial charge >= 0.3 is 17.3 Å². The number of carbonyl (C=O) groups is 1. The van der Waals surface area contributed by atoms with Crippen LogP contribution in [0.15, 0.2) is 76.0 Å². The average molecular weight is 510 g/mol. The normalized spacial score (nSPS) is 14.8. The smallest absolute Gasteiger partial charge is 0.354 e. The Kier molecular flexibility index (Phi) is 7.65. The SMILES string of the molecule is CC1=CCC(Cn2c(Nc3ccc(Oc4ccccn4)c(Cl)c3)nc(=O)n(CCC(=O)O)c2=O)C=C1. The first-order valence-electron chi connectivity index (χ1n) is 11.2. The maximum Gasteiger partial charge on any atom is 0.354 e. The molecule has 0 saturated carbocycles. The van der Waals surface area contributed by atoms with Crippen molar-refractivity contribution >= 4 is 29.2 Å². The van der Waals surface area contributed by atoms with Gasteiger partial charge in [0.25, 0.3) is 0 Å². The summed E-state index contributed by atoms with van der Waals surface area (Å²) in [6, 6.07) is 10.1. The molecule has 1 aliphatic carbocycles. The Balaban J connectivity index is 1.65. The first kappa shape index (κ1) is 24.9. The lowest BCUT2D eigenvalue weighted by atomic mass is 9.97. The van der Waals surface area contributed by atoms with Crippen LogP contribution in [0.2, 0.25) is 5.02 Å². The quantitative estimate of drug-likeness (QED) is 0.443. The average Bonchev–Trinajstić information content (AvgIpc) is 2.85. The van der Waals surface area contributed by atoms with Crippen LogP contribution < -0.4 is 21.4 Å². The number of halogens is 1. The number of aliphatic carboxylic acids is 1. The number of hydrogen-bond acceptors (Lipinski definition) is 7. The summed E-state index contributed by atoms with van der Waals surface area (Å²) in [5.41, 5.74) is 0.131. The largest absolute Gasteiger partial charge is 0.481 e. The van der Waals surface area contributed by atoms with E-state index < -0.39 is 17.3 Å². The summed E-state index contributed by atoms with van der Waals surface area (Å²) in [5, 5.41) is 12.3. The van der Waals surface area contributed by atoms with Gasteiger partial charge in [0.2, 0.25) is 11.8 Å². The number of rotatable bonds is 9. The molecular weight excluding hydrogens is 486 g/mol. The monoisotopic (exact) mass is 509 g/mol. The summed E-state index contributed by atoms with van der Waals surface area (Å²) in [6.07, 6.45) is 7.98. The highest BCUT2D eigenvalue weighted by Gasteiger charge is 2.18. The Hall–Kier alpha value is -4.18. The summed E-state index contributed by atoms with van der Waals surface area (Å²) in [6.45, 7) is 1.96. The van der Waals surface area contributed by atoms with Crippen LogP contribution in [-0.4, -0.2) is 30.2 Å². The van der Waals surface area contributed by atoms with Crippen molar-refractivity contribution in [3.05, 3.63) is 92.4 Å². The lowest BCUT2D eigenvalue weighted by molar-refractivity contribution is -0.137. The Morgan fingerprint density at radius 2 is 2.08 bits per heavy atom. The molecule has 0 fully saturated rings. The van der Waals surface area contributed by atoms with Crippen molar-refractivity contribution in [3.8, 4) is 11.6 Å². The predicted octanol–water partition coefficient (Wildman–Crippen LogP) is 3.99. The van der Waals surface area contributed by atoms with Gasteiger partial charge in [0.15, 0.2) is 0 Å². The number of benzene rings is 1. The van der Waals surface area contributed by atoms with Crippen molar-refractivity contribution in [3.63, 3.8) is 0 Å². The van der Waals surface area contributed by atoms with E-state index in [0.29, 0.717) is 23.7 Å². The minimum atomic E-state index is -1.12. The van der Waals surface area contributed by atoms with Gasteiger partial charge in [-0.05, 0) is 43.5 Å². The molecular formula is C25H24ClN5O5. The molecule has 0 radical (unpaired) electrons. The molecule has 0 spiro atoms. The standard InChI is InChI=1S/C25H24ClN5O5/c1-16-5-7-17(8-6-16)15-31-23(29-24(34)30(25(31)35)13-11-22(32)33)28-18-9-10-20(19(26)14-18)36-21-4-2-3-12-27-21/h2-7,9-10,12,14,17H,8,11,13,15H2,1H3,(H,32,33)(H,28,29,34). The van der Waals surface area contributed by atoms with Crippen LogP contribution in [0.1, 0.15) is 19.8 Å². The Morgan fingerprint density at radius 1 is 1.25 bits per heavy atom. The zero-order chi connectivity index (χ0) is 25.7. The number of anilines is 2. The zero-order valence-corrected chi connectivity index (χ0v) is 20.2. The van der Waals surface area contributed by atoms with Gasteiger partial charge in [0.05, 0.1) is 11.4 Å². The number of nitrogens with zero attached hydrogens (tertiary/aromatic N) is 4. The third-order valence-corrected chi connectivity index (χ3v) is 5.83. The van der Waals surface area contributed by atoms with E-state index in [0.717, 1.165) is 10.1 Å². The van der Waals surface area contributed by atoms with Gasteiger partial charge in [0.1, 0.15) is 5.75 Å². The van der Waals surface area contributed by atoms with Crippen LogP contribution in [0.5, 0.6) is 11.6 Å². The first-order valence-corrected chi connectivity index (χ1v) is 11.6. The third kappa shape index (κ3) is 6.08. The highest BCUT2D eigenvalue weighted by Crippen LogP contribution is 2.31. The molecule has 10 nitrogen and oxygen atoms in total. The van der Waals surface area contributed by atoms with Gasteiger partial charge in [-0.15, -0.1) is 0 Å². The molecule has 2 heterocycles. The molecule has 0 amide bonds. The van der Waals surface area contributed by atoms with Crippen molar-refractivity contribution in [2.75, 3.05) is 5.32 Å². The Morgan fingerprint density at radius 3 is 2.75 bits per heavy atom. The second-order valence-electron chi connectivity index (χ2n) is 8.25. The Bertz CT molecular complexity index is 1450. The fourth-order valence-electron chi connectivity index (χ4n) is 3.64. The first-order chi connectivity index (χ1) is 17.3. The molecule has 2 aromatic heterocycles. The van der Waals surface area contributed by atoms with E-state index in [-0.39, 0.29) is 36.4 Å². The van der Waals surface area contributed by atoms with E-state index in [1.165, 1.54) is 4.57 Å². The van der Waals surface area contributed by atoms with E-state index in [2.05, 4.69) is 21.4 Å². The summed E-state index contributed by atoms with van der Waals surface area (Å²) in [7, 11) is 0. The molecule has 186 valence electrons. The third-order valence-electron chi connectivity index (χ3n) is 5.53. The van der Waals surface area contributed by atoms with E-state index in [1.807, 2.05) is 19.1 Å². The van der Waals surface area contributed by atoms with E-state index in [9.17, 15) is 14.4 Å². The molecule has 1 aromatic carbocycles. The number of aromatic nitrogens is 4. The molecule has 1 aliphatic rings. The van der Waals surface area contributed by atoms with Crippen molar-refractivity contribution in [1.82, 2.24) is 19.1 Å². The van der Waals surface area contributed by atoms with Crippen LogP contribution in [0.3, 0.4) is 0 Å². The minimum Gasteiger partial charge on any atom is -0.481 e. The molecule has 1 unspecified atom stereocenters. The molecule has 36 heavy (non-hydrogen) atoms. The maximum absolute atomic E-state index is 13.2. The van der Waals surface area contributed by atoms with Gasteiger partial charge < -0.3 is 15.2 Å². The van der Waals surface area contributed by atoms with Crippen molar-refractivity contribution in [1.29, 1.82) is 0 Å². The molecule has 0 aliphatic heterocycles. The fraction of sp³-hybridized carbons (Fsp3) is 0.240. The van der Waals surface area contributed by atoms with Crippen molar-refractivity contribution in [2.45, 2.75) is 32.9 Å². The topological polar surface area (TPSA) is 128 Å². The fourth-order valence-corrected chi connectivity index (χ4v) is 3.86. The molecule has 0 saturated heterocycles. The van der Waals surface area contributed by atoms with E-state index >= 15 is 0 Å². The van der Waals surface area contributed by atoms with Crippen LogP contribution >= 0.6 is 11.6 Å². The van der Waals surface area contributed by atoms with Crippen LogP contribution in [0, 0.1) is 5.92 Å². The van der Waals surface area contributed by atoms with Crippen LogP contribution in [-0.2, 0) is 17.9 Å². The summed E-state index contributed by atoms with van der Waals surface area (Å²) >= 11 is 6.39. The van der Waals surface area contributed by atoms with E-state index in [1.54, 1.807) is 42.6 Å². The van der Waals surface area contributed by atoms with Gasteiger partial charge in [-0.1, -0.05) is 41.5 Å².